The molecule has 1 aliphatic rings. The molecular formula is C27H23ClN4O7. The zero-order valence-corrected chi connectivity index (χ0v) is 22.1. The average molecular weight is 551 g/mol. The number of Topliss-reactive ketones (excluding diaryl/α,β-unsaturated/α-hetero) is 1. The average Bonchev–Trinajstić information content (AvgIpc) is 3.49. The molecule has 200 valence electrons. The highest BCUT2D eigenvalue weighted by molar-refractivity contribution is 6.51. The first kappa shape index (κ1) is 25.9. The number of ketones is 1. The van der Waals surface area contributed by atoms with E-state index in [9.17, 15) is 14.7 Å². The second-order valence-corrected chi connectivity index (χ2v) is 8.83. The molecule has 0 bridgehead atoms. The molecule has 1 atom stereocenters. The maximum absolute atomic E-state index is 13.5. The van der Waals surface area contributed by atoms with Gasteiger partial charge in [-0.25, -0.2) is 4.98 Å². The fourth-order valence-corrected chi connectivity index (χ4v) is 4.77. The molecule has 0 aliphatic carbocycles. The van der Waals surface area contributed by atoms with E-state index in [-0.39, 0.29) is 27.9 Å². The zero-order chi connectivity index (χ0) is 27.8. The summed E-state index contributed by atoms with van der Waals surface area (Å²) in [5.74, 6) is -0.837. The predicted molar refractivity (Wildman–Crippen MR) is 143 cm³/mol. The van der Waals surface area contributed by atoms with Crippen molar-refractivity contribution < 1.29 is 33.6 Å². The predicted octanol–water partition coefficient (Wildman–Crippen LogP) is 4.27. The number of carbonyl (C=O) groups is 2. The second-order valence-electron chi connectivity index (χ2n) is 8.43. The molecule has 39 heavy (non-hydrogen) atoms. The first-order valence-corrected chi connectivity index (χ1v) is 11.9. The summed E-state index contributed by atoms with van der Waals surface area (Å²) >= 11 is 6.32. The highest BCUT2D eigenvalue weighted by Gasteiger charge is 2.48. The molecule has 1 aliphatic heterocycles. The molecular weight excluding hydrogens is 528 g/mol. The number of anilines is 1. The molecule has 0 saturated carbocycles. The fourth-order valence-electron chi connectivity index (χ4n) is 4.53. The van der Waals surface area contributed by atoms with Crippen LogP contribution in [0.3, 0.4) is 0 Å². The first-order valence-electron chi connectivity index (χ1n) is 11.6. The number of aliphatic hydroxyl groups is 1. The van der Waals surface area contributed by atoms with Crippen LogP contribution in [0.2, 0.25) is 5.02 Å². The topological polar surface area (TPSA) is 136 Å². The van der Waals surface area contributed by atoms with E-state index in [4.69, 9.17) is 30.5 Å². The molecule has 1 amide bonds. The zero-order valence-electron chi connectivity index (χ0n) is 21.3. The molecule has 5 rings (SSSR count). The van der Waals surface area contributed by atoms with Crippen molar-refractivity contribution in [1.29, 1.82) is 0 Å². The van der Waals surface area contributed by atoms with E-state index in [0.717, 1.165) is 0 Å². The Kier molecular flexibility index (Phi) is 6.75. The lowest BCUT2D eigenvalue weighted by atomic mass is 9.96. The van der Waals surface area contributed by atoms with Gasteiger partial charge in [0.2, 0.25) is 5.95 Å². The van der Waals surface area contributed by atoms with Gasteiger partial charge in [0.05, 0.1) is 61.7 Å². The van der Waals surface area contributed by atoms with Gasteiger partial charge in [0.15, 0.2) is 11.5 Å². The number of nitrogens with zero attached hydrogens (tertiary/aromatic N) is 3. The molecule has 12 heteroatoms. The van der Waals surface area contributed by atoms with Gasteiger partial charge in [-0.2, -0.15) is 0 Å². The number of aromatic amines is 1. The molecule has 1 saturated heterocycles. The number of halogens is 1. The van der Waals surface area contributed by atoms with Crippen molar-refractivity contribution in [2.24, 2.45) is 0 Å². The molecule has 1 unspecified atom stereocenters. The number of aromatic nitrogens is 3. The van der Waals surface area contributed by atoms with Gasteiger partial charge >= 0.3 is 5.91 Å². The first-order chi connectivity index (χ1) is 18.8. The third-order valence-electron chi connectivity index (χ3n) is 6.38. The molecule has 11 nitrogen and oxygen atoms in total. The van der Waals surface area contributed by atoms with E-state index < -0.39 is 23.5 Å². The van der Waals surface area contributed by atoms with Crippen LogP contribution in [0.1, 0.15) is 17.2 Å². The van der Waals surface area contributed by atoms with E-state index in [2.05, 4.69) is 15.0 Å². The lowest BCUT2D eigenvalue weighted by Crippen LogP contribution is -2.30. The van der Waals surface area contributed by atoms with Gasteiger partial charge in [0.1, 0.15) is 17.3 Å². The fraction of sp³-hybridized carbons (Fsp3) is 0.185. The number of aliphatic hydroxyl groups excluding tert-OH is 1. The SMILES string of the molecule is COc1cc(OC)c(/C(O)=C2\C(=O)C(=O)N(c3nc4cc(OC)c(OC)cc4[nH]3)C2c2cccnc2)cc1Cl. The van der Waals surface area contributed by atoms with E-state index in [1.807, 2.05) is 0 Å². The Hall–Kier alpha value is -4.77. The van der Waals surface area contributed by atoms with Gasteiger partial charge in [-0.15, -0.1) is 0 Å². The largest absolute Gasteiger partial charge is 0.507 e. The molecule has 2 N–H and O–H groups in total. The number of hydrogen-bond donors (Lipinski definition) is 2. The van der Waals surface area contributed by atoms with Crippen LogP contribution in [0.4, 0.5) is 5.95 Å². The van der Waals surface area contributed by atoms with Crippen molar-refractivity contribution in [3.63, 3.8) is 0 Å². The smallest absolute Gasteiger partial charge is 0.302 e. The number of nitrogens with one attached hydrogen (secondary N) is 1. The number of rotatable bonds is 7. The summed E-state index contributed by atoms with van der Waals surface area (Å²) in [7, 11) is 5.83. The number of hydrogen-bond acceptors (Lipinski definition) is 9. The van der Waals surface area contributed by atoms with Crippen molar-refractivity contribution in [1.82, 2.24) is 15.0 Å². The Bertz CT molecular complexity index is 1590. The summed E-state index contributed by atoms with van der Waals surface area (Å²) < 4.78 is 21.4. The van der Waals surface area contributed by atoms with Crippen molar-refractivity contribution >= 4 is 46.0 Å². The van der Waals surface area contributed by atoms with E-state index in [0.29, 0.717) is 33.8 Å². The minimum Gasteiger partial charge on any atom is -0.507 e. The summed E-state index contributed by atoms with van der Waals surface area (Å²) in [5.41, 5.74) is 1.39. The molecule has 0 radical (unpaired) electrons. The van der Waals surface area contributed by atoms with Gasteiger partial charge in [-0.05, 0) is 17.7 Å². The Morgan fingerprint density at radius 2 is 1.67 bits per heavy atom. The standard InChI is InChI=1S/C27H23ClN4O7/c1-36-18-11-19(37-2)15(28)8-14(18)24(33)22-23(13-6-5-7-29-12-13)32(26(35)25(22)34)27-30-16-9-20(38-3)21(39-4)10-17(16)31-27/h5-12,23,33H,1-4H3,(H,30,31)/b24-22+. The van der Waals surface area contributed by atoms with Crippen LogP contribution < -0.4 is 23.8 Å². The van der Waals surface area contributed by atoms with Gasteiger partial charge in [0, 0.05) is 30.6 Å². The Balaban J connectivity index is 1.73. The Labute approximate surface area is 227 Å². The summed E-state index contributed by atoms with van der Waals surface area (Å²) in [6.07, 6.45) is 3.06. The van der Waals surface area contributed by atoms with Crippen molar-refractivity contribution in [3.8, 4) is 23.0 Å². The van der Waals surface area contributed by atoms with Crippen LogP contribution >= 0.6 is 11.6 Å². The normalized spacial score (nSPS) is 16.5. The number of benzene rings is 2. The number of methoxy groups -OCH3 is 4. The molecule has 2 aromatic carbocycles. The van der Waals surface area contributed by atoms with Crippen LogP contribution in [-0.4, -0.2) is 60.2 Å². The number of pyridine rings is 1. The van der Waals surface area contributed by atoms with E-state index in [1.165, 1.54) is 51.7 Å². The van der Waals surface area contributed by atoms with Crippen LogP contribution in [0.5, 0.6) is 23.0 Å². The third-order valence-corrected chi connectivity index (χ3v) is 6.67. The summed E-state index contributed by atoms with van der Waals surface area (Å²) in [6.45, 7) is 0. The van der Waals surface area contributed by atoms with Gasteiger partial charge in [-0.3, -0.25) is 19.5 Å². The summed E-state index contributed by atoms with van der Waals surface area (Å²) in [6, 6.07) is 8.48. The van der Waals surface area contributed by atoms with Crippen molar-refractivity contribution in [3.05, 3.63) is 70.5 Å². The second kappa shape index (κ2) is 10.2. The molecule has 3 heterocycles. The molecule has 2 aromatic heterocycles. The van der Waals surface area contributed by atoms with Crippen molar-refractivity contribution in [2.75, 3.05) is 33.3 Å². The highest BCUT2D eigenvalue weighted by atomic mass is 35.5. The Morgan fingerprint density at radius 1 is 0.974 bits per heavy atom. The lowest BCUT2D eigenvalue weighted by Gasteiger charge is -2.23. The minimum absolute atomic E-state index is 0.0787. The van der Waals surface area contributed by atoms with Gasteiger partial charge in [-0.1, -0.05) is 17.7 Å². The highest BCUT2D eigenvalue weighted by Crippen LogP contribution is 2.44. The molecule has 1 fully saturated rings. The number of fused-ring (bicyclic) bond motifs is 1. The van der Waals surface area contributed by atoms with Gasteiger partial charge < -0.3 is 29.0 Å². The third kappa shape index (κ3) is 4.26. The van der Waals surface area contributed by atoms with Crippen LogP contribution in [0.15, 0.2) is 54.4 Å². The maximum atomic E-state index is 13.5. The quantitative estimate of drug-likeness (QED) is 0.196. The molecule has 4 aromatic rings. The van der Waals surface area contributed by atoms with Crippen molar-refractivity contribution in [2.45, 2.75) is 6.04 Å². The summed E-state index contributed by atoms with van der Waals surface area (Å²) in [5, 5.41) is 11.7. The van der Waals surface area contributed by atoms with Gasteiger partial charge in [0.25, 0.3) is 5.78 Å². The maximum Gasteiger partial charge on any atom is 0.302 e. The minimum atomic E-state index is -1.08. The lowest BCUT2D eigenvalue weighted by molar-refractivity contribution is -0.132. The molecule has 0 spiro atoms. The Morgan fingerprint density at radius 3 is 2.31 bits per heavy atom. The van der Waals surface area contributed by atoms with E-state index in [1.54, 1.807) is 30.5 Å². The number of imidazole rings is 1. The van der Waals surface area contributed by atoms with E-state index >= 15 is 0 Å². The number of H-pyrrole nitrogens is 1. The van der Waals surface area contributed by atoms with Crippen LogP contribution in [0.25, 0.3) is 16.8 Å². The van der Waals surface area contributed by atoms with Crippen LogP contribution in [0, 0.1) is 0 Å². The number of amides is 1. The number of carbonyl (C=O) groups excluding carboxylic acids is 2. The monoisotopic (exact) mass is 550 g/mol. The van der Waals surface area contributed by atoms with Crippen LogP contribution in [-0.2, 0) is 9.59 Å². The number of ether oxygens (including phenoxy) is 4. The summed E-state index contributed by atoms with van der Waals surface area (Å²) in [4.78, 5) is 40.0.